The van der Waals surface area contributed by atoms with E-state index in [1.54, 1.807) is 18.2 Å². The molecule has 0 aliphatic carbocycles. The number of carbonyl (C=O) groups excluding carboxylic acids is 2. The summed E-state index contributed by atoms with van der Waals surface area (Å²) in [4.78, 5) is 24.5. The van der Waals surface area contributed by atoms with Crippen molar-refractivity contribution in [1.29, 1.82) is 0 Å². The highest BCUT2D eigenvalue weighted by molar-refractivity contribution is 9.10. The Kier molecular flexibility index (Phi) is 8.99. The van der Waals surface area contributed by atoms with Gasteiger partial charge in [-0.2, -0.15) is 0 Å². The van der Waals surface area contributed by atoms with Crippen molar-refractivity contribution in [2.45, 2.75) is 39.5 Å². The normalized spacial score (nSPS) is 10.5. The Hall–Kier alpha value is -2.54. The van der Waals surface area contributed by atoms with Crippen molar-refractivity contribution in [1.82, 2.24) is 10.9 Å². The number of unbranched alkanes of at least 4 members (excludes halogenated alkanes) is 1. The van der Waals surface area contributed by atoms with E-state index in [0.717, 1.165) is 17.3 Å². The molecule has 156 valence electrons. The van der Waals surface area contributed by atoms with E-state index in [1.807, 2.05) is 24.3 Å². The Morgan fingerprint density at radius 2 is 1.76 bits per heavy atom. The van der Waals surface area contributed by atoms with E-state index < -0.39 is 11.8 Å². The number of hydrogen-bond donors (Lipinski definition) is 2. The summed E-state index contributed by atoms with van der Waals surface area (Å²) in [6.45, 7) is 6.60. The second-order valence-corrected chi connectivity index (χ2v) is 7.77. The molecule has 0 aliphatic rings. The fourth-order valence-corrected chi connectivity index (χ4v) is 2.82. The first-order chi connectivity index (χ1) is 13.9. The third kappa shape index (κ3) is 7.42. The lowest BCUT2D eigenvalue weighted by atomic mass is 10.0. The molecule has 0 spiro atoms. The van der Waals surface area contributed by atoms with Crippen molar-refractivity contribution in [3.63, 3.8) is 0 Å². The second kappa shape index (κ2) is 11.5. The van der Waals surface area contributed by atoms with E-state index in [1.165, 1.54) is 5.56 Å². The average Bonchev–Trinajstić information content (AvgIpc) is 2.71. The van der Waals surface area contributed by atoms with E-state index in [9.17, 15) is 9.59 Å². The predicted octanol–water partition coefficient (Wildman–Crippen LogP) is 4.59. The van der Waals surface area contributed by atoms with Crippen molar-refractivity contribution in [3.05, 3.63) is 58.1 Å². The molecule has 2 N–H and O–H groups in total. The maximum absolute atomic E-state index is 12.5. The first-order valence-corrected chi connectivity index (χ1v) is 10.4. The highest BCUT2D eigenvalue weighted by Crippen LogP contribution is 2.23. The Labute approximate surface area is 180 Å². The largest absolute Gasteiger partial charge is 0.493 e. The molecule has 2 rings (SSSR count). The van der Waals surface area contributed by atoms with Crippen LogP contribution in [0.25, 0.3) is 0 Å². The van der Waals surface area contributed by atoms with E-state index in [-0.39, 0.29) is 6.61 Å². The van der Waals surface area contributed by atoms with Crippen LogP contribution in [0.3, 0.4) is 0 Å². The summed E-state index contributed by atoms with van der Waals surface area (Å²) >= 11 is 3.35. The van der Waals surface area contributed by atoms with Gasteiger partial charge in [0.2, 0.25) is 0 Å². The van der Waals surface area contributed by atoms with Crippen LogP contribution < -0.4 is 20.3 Å². The summed E-state index contributed by atoms with van der Waals surface area (Å²) in [5, 5.41) is 0. The lowest BCUT2D eigenvalue weighted by molar-refractivity contribution is -0.123. The van der Waals surface area contributed by atoms with Gasteiger partial charge in [0.25, 0.3) is 11.8 Å². The molecule has 2 amide bonds. The minimum absolute atomic E-state index is 0.209. The molecule has 0 radical (unpaired) electrons. The Morgan fingerprint density at radius 3 is 2.41 bits per heavy atom. The smallest absolute Gasteiger partial charge is 0.276 e. The van der Waals surface area contributed by atoms with Gasteiger partial charge in [-0.1, -0.05) is 55.3 Å². The Balaban J connectivity index is 1.86. The zero-order chi connectivity index (χ0) is 21.2. The van der Waals surface area contributed by atoms with Crippen molar-refractivity contribution in [3.8, 4) is 11.5 Å². The van der Waals surface area contributed by atoms with Gasteiger partial charge in [0, 0.05) is 4.47 Å². The van der Waals surface area contributed by atoms with Crippen LogP contribution in [-0.4, -0.2) is 25.0 Å². The van der Waals surface area contributed by atoms with Gasteiger partial charge in [0.05, 0.1) is 12.2 Å². The third-order valence-corrected chi connectivity index (χ3v) is 4.67. The van der Waals surface area contributed by atoms with Gasteiger partial charge in [-0.05, 0) is 48.2 Å². The molecular weight excluding hydrogens is 436 g/mol. The van der Waals surface area contributed by atoms with Crippen LogP contribution in [0.15, 0.2) is 46.9 Å². The average molecular weight is 463 g/mol. The van der Waals surface area contributed by atoms with E-state index in [2.05, 4.69) is 47.6 Å². The van der Waals surface area contributed by atoms with Crippen molar-refractivity contribution in [2.24, 2.45) is 0 Å². The zero-order valence-electron chi connectivity index (χ0n) is 17.0. The SMILES string of the molecule is CCCCOc1ccc(Br)cc1C(=O)NNC(=O)COc1ccc(C(C)C)cc1. The molecule has 0 aliphatic heterocycles. The van der Waals surface area contributed by atoms with E-state index >= 15 is 0 Å². The lowest BCUT2D eigenvalue weighted by Gasteiger charge is -2.13. The zero-order valence-corrected chi connectivity index (χ0v) is 18.5. The molecule has 6 nitrogen and oxygen atoms in total. The molecule has 0 unspecified atom stereocenters. The van der Waals surface area contributed by atoms with Crippen LogP contribution >= 0.6 is 15.9 Å². The third-order valence-electron chi connectivity index (χ3n) is 4.17. The topological polar surface area (TPSA) is 76.7 Å². The van der Waals surface area contributed by atoms with Gasteiger partial charge < -0.3 is 9.47 Å². The number of rotatable bonds is 9. The predicted molar refractivity (Wildman–Crippen MR) is 116 cm³/mol. The second-order valence-electron chi connectivity index (χ2n) is 6.86. The summed E-state index contributed by atoms with van der Waals surface area (Å²) in [7, 11) is 0. The number of ether oxygens (including phenoxy) is 2. The number of nitrogens with one attached hydrogen (secondary N) is 2. The Morgan fingerprint density at radius 1 is 1.03 bits per heavy atom. The van der Waals surface area contributed by atoms with Crippen LogP contribution in [0.4, 0.5) is 0 Å². The number of amides is 2. The number of hydrogen-bond acceptors (Lipinski definition) is 4. The molecule has 0 heterocycles. The first-order valence-electron chi connectivity index (χ1n) is 9.65. The van der Waals surface area contributed by atoms with Gasteiger partial charge in [0.1, 0.15) is 11.5 Å². The maximum Gasteiger partial charge on any atom is 0.276 e. The van der Waals surface area contributed by atoms with E-state index in [0.29, 0.717) is 29.6 Å². The van der Waals surface area contributed by atoms with Gasteiger partial charge >= 0.3 is 0 Å². The molecule has 0 fully saturated rings. The summed E-state index contributed by atoms with van der Waals surface area (Å²) in [6.07, 6.45) is 1.89. The molecule has 2 aromatic rings. The standard InChI is InChI=1S/C22H27BrN2O4/c1-4-5-12-28-20-11-8-17(23)13-19(20)22(27)25-24-21(26)14-29-18-9-6-16(7-10-18)15(2)3/h6-11,13,15H,4-5,12,14H2,1-3H3,(H,24,26)(H,25,27). The van der Waals surface area contributed by atoms with Crippen LogP contribution in [0.2, 0.25) is 0 Å². The number of carbonyl (C=O) groups is 2. The van der Waals surface area contributed by atoms with Gasteiger partial charge in [-0.3, -0.25) is 20.4 Å². The molecule has 0 aromatic heterocycles. The minimum atomic E-state index is -0.465. The van der Waals surface area contributed by atoms with Crippen LogP contribution in [0.5, 0.6) is 11.5 Å². The molecular formula is C22H27BrN2O4. The number of benzene rings is 2. The summed E-state index contributed by atoms with van der Waals surface area (Å²) in [5.74, 6) is 0.558. The van der Waals surface area contributed by atoms with Gasteiger partial charge in [0.15, 0.2) is 6.61 Å². The molecule has 7 heteroatoms. The fourth-order valence-electron chi connectivity index (χ4n) is 2.46. The minimum Gasteiger partial charge on any atom is -0.493 e. The molecule has 0 saturated heterocycles. The van der Waals surface area contributed by atoms with Gasteiger partial charge in [-0.25, -0.2) is 0 Å². The summed E-state index contributed by atoms with van der Waals surface area (Å²) in [6, 6.07) is 12.7. The van der Waals surface area contributed by atoms with Gasteiger partial charge in [-0.15, -0.1) is 0 Å². The first kappa shape index (κ1) is 22.7. The Bertz CT molecular complexity index is 822. The summed E-state index contributed by atoms with van der Waals surface area (Å²) in [5.41, 5.74) is 6.29. The van der Waals surface area contributed by atoms with Crippen LogP contribution in [-0.2, 0) is 4.79 Å². The van der Waals surface area contributed by atoms with Crippen molar-refractivity contribution >= 4 is 27.7 Å². The van der Waals surface area contributed by atoms with Crippen LogP contribution in [0.1, 0.15) is 55.5 Å². The summed E-state index contributed by atoms with van der Waals surface area (Å²) < 4.78 is 11.9. The number of hydrazine groups is 1. The molecule has 0 bridgehead atoms. The highest BCUT2D eigenvalue weighted by atomic mass is 79.9. The van der Waals surface area contributed by atoms with Crippen LogP contribution in [0, 0.1) is 0 Å². The maximum atomic E-state index is 12.5. The molecule has 0 atom stereocenters. The fraction of sp³-hybridized carbons (Fsp3) is 0.364. The molecule has 2 aromatic carbocycles. The highest BCUT2D eigenvalue weighted by Gasteiger charge is 2.14. The monoisotopic (exact) mass is 462 g/mol. The van der Waals surface area contributed by atoms with E-state index in [4.69, 9.17) is 9.47 Å². The number of halogens is 1. The lowest BCUT2D eigenvalue weighted by Crippen LogP contribution is -2.44. The quantitative estimate of drug-likeness (QED) is 0.421. The van der Waals surface area contributed by atoms with Crippen molar-refractivity contribution in [2.75, 3.05) is 13.2 Å². The van der Waals surface area contributed by atoms with Crippen molar-refractivity contribution < 1.29 is 19.1 Å². The molecule has 0 saturated carbocycles. The molecule has 29 heavy (non-hydrogen) atoms.